The second-order valence-electron chi connectivity index (χ2n) is 5.63. The lowest BCUT2D eigenvalue weighted by Crippen LogP contribution is -2.45. The zero-order valence-corrected chi connectivity index (χ0v) is 11.4. The van der Waals surface area contributed by atoms with E-state index in [0.717, 1.165) is 13.0 Å². The third kappa shape index (κ3) is 3.62. The highest BCUT2D eigenvalue weighted by Crippen LogP contribution is 2.40. The van der Waals surface area contributed by atoms with Gasteiger partial charge in [-0.1, -0.05) is 52.2 Å². The third-order valence-electron chi connectivity index (χ3n) is 4.28. The molecule has 0 amide bonds. The van der Waals surface area contributed by atoms with E-state index in [4.69, 9.17) is 0 Å². The normalized spacial score (nSPS) is 21.7. The van der Waals surface area contributed by atoms with Gasteiger partial charge in [0.25, 0.3) is 0 Å². The van der Waals surface area contributed by atoms with Gasteiger partial charge in [-0.2, -0.15) is 0 Å². The summed E-state index contributed by atoms with van der Waals surface area (Å²) in [7, 11) is 0. The highest BCUT2D eigenvalue weighted by Gasteiger charge is 2.34. The summed E-state index contributed by atoms with van der Waals surface area (Å²) in [5, 5.41) is 3.70. The van der Waals surface area contributed by atoms with Crippen LogP contribution in [-0.4, -0.2) is 12.6 Å². The molecule has 1 N–H and O–H groups in total. The van der Waals surface area contributed by atoms with E-state index >= 15 is 0 Å². The van der Waals surface area contributed by atoms with Crippen LogP contribution in [-0.2, 0) is 0 Å². The van der Waals surface area contributed by atoms with Crippen molar-refractivity contribution in [1.29, 1.82) is 0 Å². The van der Waals surface area contributed by atoms with E-state index in [9.17, 15) is 0 Å². The van der Waals surface area contributed by atoms with E-state index < -0.39 is 0 Å². The molecule has 0 saturated heterocycles. The molecule has 0 aromatic carbocycles. The number of hydrogen-bond donors (Lipinski definition) is 1. The minimum atomic E-state index is 0.506. The first kappa shape index (κ1) is 13.8. The van der Waals surface area contributed by atoms with Gasteiger partial charge in [-0.05, 0) is 37.6 Å². The van der Waals surface area contributed by atoms with Crippen LogP contribution in [0.15, 0.2) is 12.2 Å². The Morgan fingerprint density at radius 1 is 1.25 bits per heavy atom. The Morgan fingerprint density at radius 2 is 1.88 bits per heavy atom. The first-order valence-corrected chi connectivity index (χ1v) is 7.02. The molecule has 1 aliphatic rings. The molecular weight excluding hydrogens is 194 g/mol. The molecule has 0 spiro atoms. The van der Waals surface area contributed by atoms with Crippen molar-refractivity contribution in [3.05, 3.63) is 12.2 Å². The lowest BCUT2D eigenvalue weighted by Gasteiger charge is -2.41. The fourth-order valence-electron chi connectivity index (χ4n) is 2.95. The van der Waals surface area contributed by atoms with Crippen LogP contribution >= 0.6 is 0 Å². The van der Waals surface area contributed by atoms with Crippen molar-refractivity contribution in [2.75, 3.05) is 6.54 Å². The Morgan fingerprint density at radius 3 is 2.38 bits per heavy atom. The molecule has 0 aromatic heterocycles. The number of hydrogen-bond acceptors (Lipinski definition) is 1. The quantitative estimate of drug-likeness (QED) is 0.662. The van der Waals surface area contributed by atoms with Gasteiger partial charge < -0.3 is 5.32 Å². The van der Waals surface area contributed by atoms with Crippen LogP contribution in [0.4, 0.5) is 0 Å². The molecule has 0 heterocycles. The SMILES string of the molecule is C=C(CC)CC(NCC)C1(C)CCCCC1. The maximum absolute atomic E-state index is 4.18. The molecule has 1 unspecified atom stereocenters. The zero-order valence-electron chi connectivity index (χ0n) is 11.4. The van der Waals surface area contributed by atoms with Crippen LogP contribution in [0.25, 0.3) is 0 Å². The van der Waals surface area contributed by atoms with Crippen molar-refractivity contribution < 1.29 is 0 Å². The van der Waals surface area contributed by atoms with Crippen LogP contribution < -0.4 is 5.32 Å². The minimum Gasteiger partial charge on any atom is -0.313 e. The summed E-state index contributed by atoms with van der Waals surface area (Å²) in [5.41, 5.74) is 1.91. The van der Waals surface area contributed by atoms with Crippen molar-refractivity contribution in [1.82, 2.24) is 5.32 Å². The molecule has 0 aliphatic heterocycles. The van der Waals surface area contributed by atoms with Gasteiger partial charge in [0.1, 0.15) is 0 Å². The second-order valence-corrected chi connectivity index (χ2v) is 5.63. The predicted molar refractivity (Wildman–Crippen MR) is 72.7 cm³/mol. The monoisotopic (exact) mass is 223 g/mol. The standard InChI is InChI=1S/C15H29N/c1-5-13(3)12-14(16-6-2)15(4)10-8-7-9-11-15/h14,16H,3,5-12H2,1-2,4H3. The lowest BCUT2D eigenvalue weighted by molar-refractivity contribution is 0.144. The van der Waals surface area contributed by atoms with Crippen LogP contribution in [0.5, 0.6) is 0 Å². The van der Waals surface area contributed by atoms with Crippen LogP contribution in [0.2, 0.25) is 0 Å². The van der Waals surface area contributed by atoms with Crippen LogP contribution in [0.1, 0.15) is 65.7 Å². The van der Waals surface area contributed by atoms with Gasteiger partial charge in [-0.3, -0.25) is 0 Å². The van der Waals surface area contributed by atoms with E-state index in [1.54, 1.807) is 0 Å². The second kappa shape index (κ2) is 6.44. The van der Waals surface area contributed by atoms with Crippen molar-refractivity contribution in [2.24, 2.45) is 5.41 Å². The van der Waals surface area contributed by atoms with Gasteiger partial charge in [-0.15, -0.1) is 0 Å². The fourth-order valence-corrected chi connectivity index (χ4v) is 2.95. The summed E-state index contributed by atoms with van der Waals surface area (Å²) in [4.78, 5) is 0. The van der Waals surface area contributed by atoms with Gasteiger partial charge in [-0.25, -0.2) is 0 Å². The highest BCUT2D eigenvalue weighted by molar-refractivity contribution is 5.02. The van der Waals surface area contributed by atoms with Crippen molar-refractivity contribution in [2.45, 2.75) is 71.8 Å². The number of rotatable bonds is 6. The summed E-state index contributed by atoms with van der Waals surface area (Å²) >= 11 is 0. The number of nitrogens with one attached hydrogen (secondary N) is 1. The molecule has 1 rings (SSSR count). The zero-order chi connectivity index (χ0) is 12.0. The molecule has 1 heteroatoms. The Balaban J connectivity index is 2.62. The van der Waals surface area contributed by atoms with Crippen molar-refractivity contribution >= 4 is 0 Å². The van der Waals surface area contributed by atoms with Crippen molar-refractivity contribution in [3.63, 3.8) is 0 Å². The maximum Gasteiger partial charge on any atom is 0.0158 e. The average molecular weight is 223 g/mol. The largest absolute Gasteiger partial charge is 0.313 e. The lowest BCUT2D eigenvalue weighted by atomic mass is 9.69. The highest BCUT2D eigenvalue weighted by atomic mass is 14.9. The Kier molecular flexibility index (Phi) is 5.54. The molecule has 1 aliphatic carbocycles. The molecule has 94 valence electrons. The molecule has 1 nitrogen and oxygen atoms in total. The smallest absolute Gasteiger partial charge is 0.0158 e. The molecule has 1 saturated carbocycles. The topological polar surface area (TPSA) is 12.0 Å². The maximum atomic E-state index is 4.18. The molecule has 16 heavy (non-hydrogen) atoms. The Labute approximate surface area is 102 Å². The van der Waals surface area contributed by atoms with E-state index in [1.807, 2.05) is 0 Å². The van der Waals surface area contributed by atoms with Gasteiger partial charge >= 0.3 is 0 Å². The first-order valence-electron chi connectivity index (χ1n) is 7.02. The summed E-state index contributed by atoms with van der Waals surface area (Å²) in [6.45, 7) is 12.2. The molecule has 0 radical (unpaired) electrons. The molecular formula is C15H29N. The average Bonchev–Trinajstić information content (AvgIpc) is 2.29. The summed E-state index contributed by atoms with van der Waals surface area (Å²) < 4.78 is 0. The third-order valence-corrected chi connectivity index (χ3v) is 4.28. The Bertz CT molecular complexity index is 213. The van der Waals surface area contributed by atoms with E-state index in [-0.39, 0.29) is 0 Å². The summed E-state index contributed by atoms with van der Waals surface area (Å²) in [6, 6.07) is 0.644. The van der Waals surface area contributed by atoms with Gasteiger partial charge in [0.2, 0.25) is 0 Å². The minimum absolute atomic E-state index is 0.506. The van der Waals surface area contributed by atoms with Crippen LogP contribution in [0, 0.1) is 5.41 Å². The van der Waals surface area contributed by atoms with Crippen molar-refractivity contribution in [3.8, 4) is 0 Å². The predicted octanol–water partition coefficient (Wildman–Crippen LogP) is 4.29. The van der Waals surface area contributed by atoms with Gasteiger partial charge in [0.05, 0.1) is 0 Å². The fraction of sp³-hybridized carbons (Fsp3) is 0.867. The van der Waals surface area contributed by atoms with Gasteiger partial charge in [0.15, 0.2) is 0 Å². The molecule has 0 bridgehead atoms. The van der Waals surface area contributed by atoms with E-state index in [1.165, 1.54) is 44.1 Å². The molecule has 1 atom stereocenters. The summed E-state index contributed by atoms with van der Waals surface area (Å²) in [6.07, 6.45) is 9.33. The summed E-state index contributed by atoms with van der Waals surface area (Å²) in [5.74, 6) is 0. The van der Waals surface area contributed by atoms with Gasteiger partial charge in [0, 0.05) is 6.04 Å². The van der Waals surface area contributed by atoms with Crippen LogP contribution in [0.3, 0.4) is 0 Å². The molecule has 0 aromatic rings. The molecule has 1 fully saturated rings. The first-order chi connectivity index (χ1) is 7.62. The Hall–Kier alpha value is -0.300. The van der Waals surface area contributed by atoms with E-state index in [0.29, 0.717) is 11.5 Å². The van der Waals surface area contributed by atoms with E-state index in [2.05, 4.69) is 32.7 Å².